The second kappa shape index (κ2) is 7.49. The molecule has 0 bridgehead atoms. The monoisotopic (exact) mass is 351 g/mol. The standard InChI is InChI=1S/C17H15Cl2NO3/c1-10(21)12-3-5-16(6-4-12)23-11(2)17(22)20-15-8-13(18)7-14(19)9-15/h3-9,11H,1-2H3,(H,20,22)/t11-/m0/s1. The zero-order chi connectivity index (χ0) is 17.0. The summed E-state index contributed by atoms with van der Waals surface area (Å²) in [5.41, 5.74) is 1.08. The summed E-state index contributed by atoms with van der Waals surface area (Å²) in [6, 6.07) is 11.4. The molecule has 0 aliphatic carbocycles. The molecule has 2 aromatic rings. The number of hydrogen-bond acceptors (Lipinski definition) is 3. The first-order valence-electron chi connectivity index (χ1n) is 6.90. The summed E-state index contributed by atoms with van der Waals surface area (Å²) >= 11 is 11.8. The van der Waals surface area contributed by atoms with Crippen LogP contribution in [0.3, 0.4) is 0 Å². The third-order valence-electron chi connectivity index (χ3n) is 3.07. The van der Waals surface area contributed by atoms with E-state index in [-0.39, 0.29) is 11.7 Å². The normalized spacial score (nSPS) is 11.7. The van der Waals surface area contributed by atoms with Gasteiger partial charge in [-0.05, 0) is 56.3 Å². The minimum atomic E-state index is -0.726. The Balaban J connectivity index is 2.00. The summed E-state index contributed by atoms with van der Waals surface area (Å²) < 4.78 is 5.55. The van der Waals surface area contributed by atoms with E-state index in [9.17, 15) is 9.59 Å². The number of ether oxygens (including phenoxy) is 1. The van der Waals surface area contributed by atoms with Crippen molar-refractivity contribution in [3.63, 3.8) is 0 Å². The van der Waals surface area contributed by atoms with E-state index in [1.165, 1.54) is 6.92 Å². The molecule has 0 radical (unpaired) electrons. The average Bonchev–Trinajstić information content (AvgIpc) is 2.46. The van der Waals surface area contributed by atoms with E-state index in [1.807, 2.05) is 0 Å². The van der Waals surface area contributed by atoms with Crippen molar-refractivity contribution in [3.8, 4) is 5.75 Å². The number of ketones is 1. The van der Waals surface area contributed by atoms with Gasteiger partial charge in [-0.15, -0.1) is 0 Å². The zero-order valence-electron chi connectivity index (χ0n) is 12.6. The van der Waals surface area contributed by atoms with Crippen molar-refractivity contribution < 1.29 is 14.3 Å². The highest BCUT2D eigenvalue weighted by molar-refractivity contribution is 6.35. The molecule has 0 saturated carbocycles. The van der Waals surface area contributed by atoms with E-state index in [0.717, 1.165) is 0 Å². The van der Waals surface area contributed by atoms with Crippen molar-refractivity contribution in [1.29, 1.82) is 0 Å². The van der Waals surface area contributed by atoms with E-state index >= 15 is 0 Å². The Kier molecular flexibility index (Phi) is 5.64. The molecule has 0 spiro atoms. The van der Waals surface area contributed by atoms with Crippen LogP contribution < -0.4 is 10.1 Å². The molecule has 2 rings (SSSR count). The number of anilines is 1. The SMILES string of the molecule is CC(=O)c1ccc(O[C@@H](C)C(=O)Nc2cc(Cl)cc(Cl)c2)cc1. The molecule has 0 unspecified atom stereocenters. The molecule has 0 heterocycles. The molecule has 120 valence electrons. The third-order valence-corrected chi connectivity index (χ3v) is 3.51. The molecule has 1 N–H and O–H groups in total. The molecule has 23 heavy (non-hydrogen) atoms. The molecule has 2 aromatic carbocycles. The first-order valence-corrected chi connectivity index (χ1v) is 7.65. The maximum absolute atomic E-state index is 12.1. The molecule has 1 atom stereocenters. The molecule has 0 aliphatic rings. The van der Waals surface area contributed by atoms with Gasteiger partial charge in [0.15, 0.2) is 11.9 Å². The zero-order valence-corrected chi connectivity index (χ0v) is 14.1. The molecule has 6 heteroatoms. The van der Waals surface area contributed by atoms with Crippen molar-refractivity contribution in [2.75, 3.05) is 5.32 Å². The Hall–Kier alpha value is -2.04. The smallest absolute Gasteiger partial charge is 0.265 e. The molecule has 0 saturated heterocycles. The molecule has 0 aromatic heterocycles. The van der Waals surface area contributed by atoms with Crippen molar-refractivity contribution >= 4 is 40.6 Å². The van der Waals surface area contributed by atoms with Gasteiger partial charge in [0.2, 0.25) is 0 Å². The van der Waals surface area contributed by atoms with Crippen LogP contribution in [0.1, 0.15) is 24.2 Å². The van der Waals surface area contributed by atoms with Crippen LogP contribution in [0.5, 0.6) is 5.75 Å². The molecule has 4 nitrogen and oxygen atoms in total. The van der Waals surface area contributed by atoms with Gasteiger partial charge in [-0.2, -0.15) is 0 Å². The van der Waals surface area contributed by atoms with Gasteiger partial charge >= 0.3 is 0 Å². The summed E-state index contributed by atoms with van der Waals surface area (Å²) in [5, 5.41) is 3.55. The van der Waals surface area contributed by atoms with Crippen LogP contribution in [-0.4, -0.2) is 17.8 Å². The first kappa shape index (κ1) is 17.3. The first-order chi connectivity index (χ1) is 10.8. The summed E-state index contributed by atoms with van der Waals surface area (Å²) in [6.45, 7) is 3.11. The predicted molar refractivity (Wildman–Crippen MR) is 91.6 cm³/mol. The van der Waals surface area contributed by atoms with Gasteiger partial charge in [-0.25, -0.2) is 0 Å². The van der Waals surface area contributed by atoms with E-state index in [0.29, 0.717) is 27.0 Å². The fourth-order valence-electron chi connectivity index (χ4n) is 1.90. The lowest BCUT2D eigenvalue weighted by Crippen LogP contribution is -2.30. The van der Waals surface area contributed by atoms with Gasteiger partial charge < -0.3 is 10.1 Å². The Morgan fingerprint density at radius 3 is 2.13 bits per heavy atom. The Bertz CT molecular complexity index is 709. The highest BCUT2D eigenvalue weighted by atomic mass is 35.5. The number of benzene rings is 2. The second-order valence-corrected chi connectivity index (χ2v) is 5.86. The van der Waals surface area contributed by atoms with Crippen molar-refractivity contribution in [1.82, 2.24) is 0 Å². The Labute approximate surface area is 144 Å². The molecular formula is C17H15Cl2NO3. The van der Waals surface area contributed by atoms with Crippen LogP contribution in [0.4, 0.5) is 5.69 Å². The van der Waals surface area contributed by atoms with E-state index in [4.69, 9.17) is 27.9 Å². The van der Waals surface area contributed by atoms with Crippen LogP contribution in [0, 0.1) is 0 Å². The number of halogens is 2. The molecule has 0 fully saturated rings. The fourth-order valence-corrected chi connectivity index (χ4v) is 2.42. The highest BCUT2D eigenvalue weighted by Crippen LogP contribution is 2.23. The van der Waals surface area contributed by atoms with Gasteiger partial charge in [0.05, 0.1) is 0 Å². The fraction of sp³-hybridized carbons (Fsp3) is 0.176. The van der Waals surface area contributed by atoms with Gasteiger partial charge in [-0.1, -0.05) is 23.2 Å². The molecule has 1 amide bonds. The number of Topliss-reactive ketones (excluding diaryl/α,β-unsaturated/α-hetero) is 1. The number of carbonyl (C=O) groups is 2. The van der Waals surface area contributed by atoms with E-state index in [2.05, 4.69) is 5.32 Å². The summed E-state index contributed by atoms with van der Waals surface area (Å²) in [7, 11) is 0. The average molecular weight is 352 g/mol. The van der Waals surface area contributed by atoms with Gasteiger partial charge in [0.1, 0.15) is 5.75 Å². The largest absolute Gasteiger partial charge is 0.481 e. The minimum absolute atomic E-state index is 0.0276. The van der Waals surface area contributed by atoms with Crippen LogP contribution in [0.25, 0.3) is 0 Å². The van der Waals surface area contributed by atoms with Crippen molar-refractivity contribution in [3.05, 3.63) is 58.1 Å². The number of nitrogens with one attached hydrogen (secondary N) is 1. The van der Waals surface area contributed by atoms with Crippen LogP contribution in [0.15, 0.2) is 42.5 Å². The van der Waals surface area contributed by atoms with E-state index < -0.39 is 6.10 Å². The summed E-state index contributed by atoms with van der Waals surface area (Å²) in [5.74, 6) is 0.140. The van der Waals surface area contributed by atoms with E-state index in [1.54, 1.807) is 49.4 Å². The lowest BCUT2D eigenvalue weighted by Gasteiger charge is -2.15. The minimum Gasteiger partial charge on any atom is -0.481 e. The van der Waals surface area contributed by atoms with Crippen LogP contribution in [0.2, 0.25) is 10.0 Å². The van der Waals surface area contributed by atoms with Gasteiger partial charge in [-0.3, -0.25) is 9.59 Å². The Morgan fingerprint density at radius 1 is 1.04 bits per heavy atom. The molecule has 0 aliphatic heterocycles. The summed E-state index contributed by atoms with van der Waals surface area (Å²) in [4.78, 5) is 23.4. The number of hydrogen-bond donors (Lipinski definition) is 1. The number of rotatable bonds is 5. The topological polar surface area (TPSA) is 55.4 Å². The number of amides is 1. The second-order valence-electron chi connectivity index (χ2n) is 4.99. The Morgan fingerprint density at radius 2 is 1.61 bits per heavy atom. The van der Waals surface area contributed by atoms with Gasteiger partial charge in [0.25, 0.3) is 5.91 Å². The van der Waals surface area contributed by atoms with Crippen LogP contribution in [-0.2, 0) is 4.79 Å². The predicted octanol–water partition coefficient (Wildman–Crippen LogP) is 4.60. The van der Waals surface area contributed by atoms with Crippen LogP contribution >= 0.6 is 23.2 Å². The quantitative estimate of drug-likeness (QED) is 0.800. The maximum Gasteiger partial charge on any atom is 0.265 e. The number of carbonyl (C=O) groups excluding carboxylic acids is 2. The maximum atomic E-state index is 12.1. The van der Waals surface area contributed by atoms with Crippen molar-refractivity contribution in [2.24, 2.45) is 0 Å². The highest BCUT2D eigenvalue weighted by Gasteiger charge is 2.15. The lowest BCUT2D eigenvalue weighted by atomic mass is 10.1. The third kappa shape index (κ3) is 4.98. The molecular weight excluding hydrogens is 337 g/mol. The summed E-state index contributed by atoms with van der Waals surface area (Å²) in [6.07, 6.45) is -0.726. The lowest BCUT2D eigenvalue weighted by molar-refractivity contribution is -0.122. The van der Waals surface area contributed by atoms with Crippen molar-refractivity contribution in [2.45, 2.75) is 20.0 Å². The van der Waals surface area contributed by atoms with Gasteiger partial charge in [0, 0.05) is 21.3 Å².